The van der Waals surface area contributed by atoms with Crippen LogP contribution < -0.4 is 0 Å². The topological polar surface area (TPSA) is 71.2 Å². The van der Waals surface area contributed by atoms with Crippen LogP contribution in [0.25, 0.3) is 21.9 Å². The molecule has 0 aliphatic rings. The highest BCUT2D eigenvalue weighted by Crippen LogP contribution is 2.22. The lowest BCUT2D eigenvalue weighted by molar-refractivity contribution is 0.0821. The van der Waals surface area contributed by atoms with Gasteiger partial charge in [0, 0.05) is 5.39 Å². The van der Waals surface area contributed by atoms with Crippen LogP contribution in [0.5, 0.6) is 0 Å². The van der Waals surface area contributed by atoms with E-state index in [1.165, 1.54) is 0 Å². The predicted molar refractivity (Wildman–Crippen MR) is 68.1 cm³/mol. The molecule has 1 atom stereocenters. The molecule has 1 aromatic carbocycles. The number of hydrogen-bond acceptors (Lipinski definition) is 4. The lowest BCUT2D eigenvalue weighted by Gasteiger charge is -2.10. The molecule has 0 radical (unpaired) electrons. The summed E-state index contributed by atoms with van der Waals surface area (Å²) in [6.07, 6.45) is 2.60. The molecule has 0 fully saturated rings. The molecule has 5 heteroatoms. The van der Waals surface area contributed by atoms with E-state index >= 15 is 0 Å². The van der Waals surface area contributed by atoms with Gasteiger partial charge in [-0.3, -0.25) is 4.98 Å². The molecule has 18 heavy (non-hydrogen) atoms. The van der Waals surface area contributed by atoms with E-state index in [2.05, 4.69) is 9.97 Å². The average Bonchev–Trinajstić information content (AvgIpc) is 2.82. The lowest BCUT2D eigenvalue weighted by Crippen LogP contribution is -2.19. The van der Waals surface area contributed by atoms with Crippen LogP contribution in [0.15, 0.2) is 36.8 Å². The number of fused-ring (bicyclic) bond motifs is 3. The van der Waals surface area contributed by atoms with Crippen molar-refractivity contribution in [3.8, 4) is 0 Å². The second-order valence-electron chi connectivity index (χ2n) is 4.24. The van der Waals surface area contributed by atoms with Gasteiger partial charge >= 0.3 is 0 Å². The van der Waals surface area contributed by atoms with Crippen LogP contribution in [0, 0.1) is 0 Å². The van der Waals surface area contributed by atoms with Crippen LogP contribution in [0.2, 0.25) is 0 Å². The van der Waals surface area contributed by atoms with Crippen molar-refractivity contribution in [3.05, 3.63) is 36.8 Å². The molecule has 1 unspecified atom stereocenters. The molecule has 0 bridgehead atoms. The molecule has 2 heterocycles. The van der Waals surface area contributed by atoms with Crippen molar-refractivity contribution in [1.82, 2.24) is 14.5 Å². The molecular weight excluding hydrogens is 230 g/mol. The standard InChI is InChI=1S/C13H13N3O2/c17-7-9(18)6-16-8-15-12-5-14-11-4-2-1-3-10(11)13(12)16/h1-5,8-9,17-18H,6-7H2. The maximum Gasteiger partial charge on any atom is 0.107 e. The van der Waals surface area contributed by atoms with E-state index in [1.54, 1.807) is 12.5 Å². The maximum absolute atomic E-state index is 9.55. The van der Waals surface area contributed by atoms with Gasteiger partial charge in [-0.15, -0.1) is 0 Å². The highest BCUT2D eigenvalue weighted by atomic mass is 16.3. The quantitative estimate of drug-likeness (QED) is 0.718. The third-order valence-corrected chi connectivity index (χ3v) is 2.97. The molecule has 0 spiro atoms. The summed E-state index contributed by atoms with van der Waals surface area (Å²) in [4.78, 5) is 8.60. The second-order valence-corrected chi connectivity index (χ2v) is 4.24. The monoisotopic (exact) mass is 243 g/mol. The first-order valence-corrected chi connectivity index (χ1v) is 5.77. The van der Waals surface area contributed by atoms with Gasteiger partial charge in [-0.05, 0) is 6.07 Å². The van der Waals surface area contributed by atoms with Gasteiger partial charge in [0.05, 0.1) is 42.8 Å². The zero-order valence-electron chi connectivity index (χ0n) is 9.69. The van der Waals surface area contributed by atoms with Crippen LogP contribution in [0.1, 0.15) is 0 Å². The lowest BCUT2D eigenvalue weighted by atomic mass is 10.2. The summed E-state index contributed by atoms with van der Waals surface area (Å²) >= 11 is 0. The van der Waals surface area contributed by atoms with Gasteiger partial charge in [0.15, 0.2) is 0 Å². The number of hydrogen-bond donors (Lipinski definition) is 2. The number of aromatic nitrogens is 3. The number of nitrogens with zero attached hydrogens (tertiary/aromatic N) is 3. The molecule has 92 valence electrons. The minimum Gasteiger partial charge on any atom is -0.394 e. The largest absolute Gasteiger partial charge is 0.394 e. The molecule has 0 amide bonds. The summed E-state index contributed by atoms with van der Waals surface area (Å²) in [6, 6.07) is 7.80. The first-order valence-electron chi connectivity index (χ1n) is 5.77. The molecule has 3 rings (SSSR count). The zero-order valence-corrected chi connectivity index (χ0v) is 9.69. The maximum atomic E-state index is 9.55. The van der Waals surface area contributed by atoms with Crippen molar-refractivity contribution in [2.24, 2.45) is 0 Å². The van der Waals surface area contributed by atoms with Gasteiger partial charge in [0.25, 0.3) is 0 Å². The number of pyridine rings is 1. The van der Waals surface area contributed by atoms with Gasteiger partial charge in [-0.25, -0.2) is 4.98 Å². The van der Waals surface area contributed by atoms with E-state index in [4.69, 9.17) is 5.11 Å². The number of rotatable bonds is 3. The summed E-state index contributed by atoms with van der Waals surface area (Å²) in [5, 5.41) is 19.5. The van der Waals surface area contributed by atoms with Gasteiger partial charge < -0.3 is 14.8 Å². The Morgan fingerprint density at radius 3 is 2.83 bits per heavy atom. The first-order chi connectivity index (χ1) is 8.79. The smallest absolute Gasteiger partial charge is 0.107 e. The van der Waals surface area contributed by atoms with Crippen molar-refractivity contribution >= 4 is 21.9 Å². The zero-order chi connectivity index (χ0) is 12.5. The van der Waals surface area contributed by atoms with Crippen molar-refractivity contribution in [2.75, 3.05) is 6.61 Å². The number of aliphatic hydroxyl groups is 2. The molecule has 0 aliphatic carbocycles. The van der Waals surface area contributed by atoms with Crippen molar-refractivity contribution in [1.29, 1.82) is 0 Å². The Bertz CT molecular complexity index is 693. The van der Waals surface area contributed by atoms with E-state index in [-0.39, 0.29) is 6.61 Å². The number of benzene rings is 1. The summed E-state index contributed by atoms with van der Waals surface area (Å²) in [7, 11) is 0. The Morgan fingerprint density at radius 2 is 2.00 bits per heavy atom. The van der Waals surface area contributed by atoms with Crippen molar-refractivity contribution < 1.29 is 10.2 Å². The third kappa shape index (κ3) is 1.73. The fourth-order valence-corrected chi connectivity index (χ4v) is 2.13. The molecule has 2 aromatic heterocycles. The van der Waals surface area contributed by atoms with Gasteiger partial charge in [-0.2, -0.15) is 0 Å². The van der Waals surface area contributed by atoms with Gasteiger partial charge in [0.2, 0.25) is 0 Å². The normalized spacial score (nSPS) is 13.2. The van der Waals surface area contributed by atoms with Crippen LogP contribution >= 0.6 is 0 Å². The molecule has 2 N–H and O–H groups in total. The highest BCUT2D eigenvalue weighted by molar-refractivity contribution is 6.01. The van der Waals surface area contributed by atoms with Gasteiger partial charge in [-0.1, -0.05) is 18.2 Å². The Kier molecular flexibility index (Phi) is 2.70. The second kappa shape index (κ2) is 4.36. The van der Waals surface area contributed by atoms with Crippen molar-refractivity contribution in [3.63, 3.8) is 0 Å². The number of imidazole rings is 1. The molecular formula is C13H13N3O2. The van der Waals surface area contributed by atoms with Crippen LogP contribution in [0.3, 0.4) is 0 Å². The average molecular weight is 243 g/mol. The van der Waals surface area contributed by atoms with Gasteiger partial charge in [0.1, 0.15) is 5.52 Å². The van der Waals surface area contributed by atoms with Crippen LogP contribution in [0.4, 0.5) is 0 Å². The van der Waals surface area contributed by atoms with E-state index in [1.807, 2.05) is 28.8 Å². The fraction of sp³-hybridized carbons (Fsp3) is 0.231. The summed E-state index contributed by atoms with van der Waals surface area (Å²) in [5.41, 5.74) is 2.62. The Hall–Kier alpha value is -1.98. The van der Waals surface area contributed by atoms with E-state index in [0.29, 0.717) is 6.54 Å². The first kappa shape index (κ1) is 11.1. The SMILES string of the molecule is OCC(O)Cn1cnc2cnc3ccccc3c21. The Morgan fingerprint density at radius 1 is 1.17 bits per heavy atom. The van der Waals surface area contributed by atoms with Crippen LogP contribution in [-0.4, -0.2) is 37.5 Å². The predicted octanol–water partition coefficient (Wildman–Crippen LogP) is 0.938. The minimum atomic E-state index is -0.783. The minimum absolute atomic E-state index is 0.261. The van der Waals surface area contributed by atoms with Crippen molar-refractivity contribution in [2.45, 2.75) is 12.6 Å². The highest BCUT2D eigenvalue weighted by Gasteiger charge is 2.10. The molecule has 0 saturated heterocycles. The third-order valence-electron chi connectivity index (χ3n) is 2.97. The molecule has 0 saturated carbocycles. The summed E-state index contributed by atoms with van der Waals surface area (Å²) < 4.78 is 1.85. The Balaban J connectivity index is 2.23. The molecule has 0 aliphatic heterocycles. The Labute approximate surface area is 103 Å². The van der Waals surface area contributed by atoms with E-state index in [0.717, 1.165) is 21.9 Å². The number of aliphatic hydroxyl groups excluding tert-OH is 2. The molecule has 5 nitrogen and oxygen atoms in total. The molecule has 3 aromatic rings. The van der Waals surface area contributed by atoms with E-state index < -0.39 is 6.10 Å². The fourth-order valence-electron chi connectivity index (χ4n) is 2.13. The van der Waals surface area contributed by atoms with Crippen LogP contribution in [-0.2, 0) is 6.54 Å². The summed E-state index contributed by atoms with van der Waals surface area (Å²) in [6.45, 7) is 0.0592. The van der Waals surface area contributed by atoms with E-state index in [9.17, 15) is 5.11 Å². The summed E-state index contributed by atoms with van der Waals surface area (Å²) in [5.74, 6) is 0. The number of para-hydroxylation sites is 1.